The maximum absolute atomic E-state index is 10.8. The maximum atomic E-state index is 10.8. The van der Waals surface area contributed by atoms with Crippen LogP contribution in [0.4, 0.5) is 0 Å². The van der Waals surface area contributed by atoms with Crippen LogP contribution in [0.3, 0.4) is 0 Å². The fraction of sp³-hybridized carbons (Fsp3) is 0.222. The average molecular weight is 324 g/mol. The number of imidazole rings is 1. The van der Waals surface area contributed by atoms with E-state index < -0.39 is 5.97 Å². The van der Waals surface area contributed by atoms with Gasteiger partial charge in [0.2, 0.25) is 0 Å². The molecular formula is C18H16N2O2S. The summed E-state index contributed by atoms with van der Waals surface area (Å²) in [6, 6.07) is 12.8. The number of carboxylic acid groups (broad SMARTS) is 1. The number of carbonyl (C=O) groups is 1. The van der Waals surface area contributed by atoms with Gasteiger partial charge in [-0.15, -0.1) is 0 Å². The van der Waals surface area contributed by atoms with E-state index in [1.165, 1.54) is 40.9 Å². The predicted octanol–water partition coefficient (Wildman–Crippen LogP) is 4.08. The minimum absolute atomic E-state index is 0.00903. The summed E-state index contributed by atoms with van der Waals surface area (Å²) in [7, 11) is 0. The van der Waals surface area contributed by atoms with Gasteiger partial charge in [0.15, 0.2) is 5.16 Å². The van der Waals surface area contributed by atoms with Gasteiger partial charge in [0.05, 0.1) is 11.4 Å². The molecule has 0 radical (unpaired) electrons. The Morgan fingerprint density at radius 1 is 1.22 bits per heavy atom. The third kappa shape index (κ3) is 2.72. The molecule has 0 spiro atoms. The zero-order valence-corrected chi connectivity index (χ0v) is 13.3. The number of nitrogens with zero attached hydrogens (tertiary/aromatic N) is 2. The first-order valence-corrected chi connectivity index (χ1v) is 8.62. The van der Waals surface area contributed by atoms with Gasteiger partial charge in [-0.05, 0) is 35.8 Å². The minimum Gasteiger partial charge on any atom is -0.481 e. The van der Waals surface area contributed by atoms with Crippen LogP contribution in [-0.2, 0) is 4.79 Å². The monoisotopic (exact) mass is 324 g/mol. The zero-order chi connectivity index (χ0) is 15.8. The molecule has 0 saturated heterocycles. The van der Waals surface area contributed by atoms with Gasteiger partial charge >= 0.3 is 5.97 Å². The fourth-order valence-electron chi connectivity index (χ4n) is 2.97. The van der Waals surface area contributed by atoms with Crippen molar-refractivity contribution in [3.8, 4) is 5.69 Å². The van der Waals surface area contributed by atoms with Crippen molar-refractivity contribution in [2.24, 2.45) is 0 Å². The molecule has 1 aliphatic carbocycles. The van der Waals surface area contributed by atoms with Crippen LogP contribution in [0.5, 0.6) is 0 Å². The normalized spacial score (nSPS) is 14.3. The number of hydrogen-bond donors (Lipinski definition) is 1. The van der Waals surface area contributed by atoms with Crippen molar-refractivity contribution in [3.05, 3.63) is 54.4 Å². The summed E-state index contributed by atoms with van der Waals surface area (Å²) in [5.41, 5.74) is 2.47. The van der Waals surface area contributed by atoms with Gasteiger partial charge in [0.25, 0.3) is 0 Å². The number of hydrogen-bond acceptors (Lipinski definition) is 3. The summed E-state index contributed by atoms with van der Waals surface area (Å²) in [6.07, 6.45) is 6.15. The van der Waals surface area contributed by atoms with Crippen LogP contribution in [0.15, 0.2) is 53.9 Å². The van der Waals surface area contributed by atoms with Crippen LogP contribution in [-0.4, -0.2) is 26.4 Å². The second kappa shape index (κ2) is 5.74. The Labute approximate surface area is 138 Å². The Hall–Kier alpha value is -2.27. The molecule has 1 N–H and O–H groups in total. The van der Waals surface area contributed by atoms with E-state index in [9.17, 15) is 4.79 Å². The van der Waals surface area contributed by atoms with Crippen LogP contribution < -0.4 is 0 Å². The molecule has 0 atom stereocenters. The molecule has 0 unspecified atom stereocenters. The maximum Gasteiger partial charge on any atom is 0.313 e. The minimum atomic E-state index is -0.835. The summed E-state index contributed by atoms with van der Waals surface area (Å²) in [4.78, 5) is 15.1. The van der Waals surface area contributed by atoms with Gasteiger partial charge < -0.3 is 5.11 Å². The standard InChI is InChI=1S/C18H16N2O2S/c21-17(22)11-23-18-19-9-10-20(18)16-8-7-13(12-5-6-12)14-3-1-2-4-15(14)16/h1-4,7-10,12H,5-6,11H2,(H,21,22). The van der Waals surface area contributed by atoms with Crippen LogP contribution in [0.25, 0.3) is 16.5 Å². The quantitative estimate of drug-likeness (QED) is 0.719. The summed E-state index contributed by atoms with van der Waals surface area (Å²) in [6.45, 7) is 0. The number of aliphatic carboxylic acids is 1. The molecule has 4 nitrogen and oxygen atoms in total. The topological polar surface area (TPSA) is 55.1 Å². The van der Waals surface area contributed by atoms with Crippen LogP contribution in [0.1, 0.15) is 24.3 Å². The summed E-state index contributed by atoms with van der Waals surface area (Å²) < 4.78 is 1.98. The first kappa shape index (κ1) is 14.3. The number of thioether (sulfide) groups is 1. The average Bonchev–Trinajstić information content (AvgIpc) is 3.30. The van der Waals surface area contributed by atoms with Crippen LogP contribution >= 0.6 is 11.8 Å². The smallest absolute Gasteiger partial charge is 0.313 e. The first-order chi connectivity index (χ1) is 11.2. The first-order valence-electron chi connectivity index (χ1n) is 7.64. The second-order valence-corrected chi connectivity index (χ2v) is 6.70. The van der Waals surface area contributed by atoms with Gasteiger partial charge in [-0.2, -0.15) is 0 Å². The highest BCUT2D eigenvalue weighted by molar-refractivity contribution is 7.99. The summed E-state index contributed by atoms with van der Waals surface area (Å²) in [5.74, 6) is -0.133. The molecule has 5 heteroatoms. The van der Waals surface area contributed by atoms with Gasteiger partial charge in [0.1, 0.15) is 0 Å². The Balaban J connectivity index is 1.82. The highest BCUT2D eigenvalue weighted by Gasteiger charge is 2.25. The Bertz CT molecular complexity index is 884. The fourth-order valence-corrected chi connectivity index (χ4v) is 3.66. The molecule has 3 aromatic rings. The predicted molar refractivity (Wildman–Crippen MR) is 91.4 cm³/mol. The number of fused-ring (bicyclic) bond motifs is 1. The molecule has 0 aliphatic heterocycles. The van der Waals surface area contributed by atoms with Gasteiger partial charge in [-0.3, -0.25) is 9.36 Å². The Kier molecular flexibility index (Phi) is 3.58. The van der Waals surface area contributed by atoms with Crippen molar-refractivity contribution in [3.63, 3.8) is 0 Å². The van der Waals surface area contributed by atoms with Crippen molar-refractivity contribution in [1.82, 2.24) is 9.55 Å². The molecule has 4 rings (SSSR count). The van der Waals surface area contributed by atoms with E-state index in [0.29, 0.717) is 11.1 Å². The molecule has 116 valence electrons. The third-order valence-corrected chi connectivity index (χ3v) is 5.09. The van der Waals surface area contributed by atoms with Crippen LogP contribution in [0.2, 0.25) is 0 Å². The van der Waals surface area contributed by atoms with E-state index in [-0.39, 0.29) is 5.75 Å². The summed E-state index contributed by atoms with van der Waals surface area (Å²) in [5, 5.41) is 12.1. The number of benzene rings is 2. The largest absolute Gasteiger partial charge is 0.481 e. The molecule has 1 aliphatic rings. The highest BCUT2D eigenvalue weighted by Crippen LogP contribution is 2.44. The molecular weight excluding hydrogens is 308 g/mol. The number of rotatable bonds is 5. The van der Waals surface area contributed by atoms with E-state index in [1.54, 1.807) is 6.20 Å². The van der Waals surface area contributed by atoms with E-state index in [2.05, 4.69) is 35.3 Å². The molecule has 1 fully saturated rings. The van der Waals surface area contributed by atoms with E-state index in [1.807, 2.05) is 16.8 Å². The van der Waals surface area contributed by atoms with Gasteiger partial charge in [-0.25, -0.2) is 4.98 Å². The van der Waals surface area contributed by atoms with E-state index in [0.717, 1.165) is 5.69 Å². The molecule has 1 aromatic heterocycles. The SMILES string of the molecule is O=C(O)CSc1nccn1-c1ccc(C2CC2)c2ccccc12. The van der Waals surface area contributed by atoms with E-state index >= 15 is 0 Å². The Morgan fingerprint density at radius 2 is 2.00 bits per heavy atom. The van der Waals surface area contributed by atoms with Crippen molar-refractivity contribution in [2.45, 2.75) is 23.9 Å². The number of carboxylic acids is 1. The van der Waals surface area contributed by atoms with Crippen molar-refractivity contribution in [1.29, 1.82) is 0 Å². The van der Waals surface area contributed by atoms with Gasteiger partial charge in [-0.1, -0.05) is 42.1 Å². The molecule has 1 saturated carbocycles. The van der Waals surface area contributed by atoms with Crippen molar-refractivity contribution >= 4 is 28.5 Å². The molecule has 0 bridgehead atoms. The lowest BCUT2D eigenvalue weighted by molar-refractivity contribution is -0.133. The molecule has 0 amide bonds. The van der Waals surface area contributed by atoms with E-state index in [4.69, 9.17) is 5.11 Å². The van der Waals surface area contributed by atoms with Crippen LogP contribution in [0, 0.1) is 0 Å². The van der Waals surface area contributed by atoms with Crippen molar-refractivity contribution < 1.29 is 9.90 Å². The zero-order valence-electron chi connectivity index (χ0n) is 12.5. The third-order valence-electron chi connectivity index (χ3n) is 4.14. The lowest BCUT2D eigenvalue weighted by atomic mass is 9.99. The number of aromatic nitrogens is 2. The molecule has 1 heterocycles. The van der Waals surface area contributed by atoms with Crippen molar-refractivity contribution in [2.75, 3.05) is 5.75 Å². The second-order valence-electron chi connectivity index (χ2n) is 5.76. The molecule has 23 heavy (non-hydrogen) atoms. The summed E-state index contributed by atoms with van der Waals surface area (Å²) >= 11 is 1.24. The Morgan fingerprint density at radius 3 is 2.74 bits per heavy atom. The highest BCUT2D eigenvalue weighted by atomic mass is 32.2. The lowest BCUT2D eigenvalue weighted by Gasteiger charge is -2.13. The lowest BCUT2D eigenvalue weighted by Crippen LogP contribution is -2.02. The van der Waals surface area contributed by atoms with Gasteiger partial charge in [0, 0.05) is 17.8 Å². The molecule has 2 aromatic carbocycles.